The van der Waals surface area contributed by atoms with E-state index >= 15 is 0 Å². The number of halogens is 3. The number of nitrogens with two attached hydrogens (primary N) is 1. The molecule has 0 bridgehead atoms. The molecule has 2 N–H and O–H groups in total. The van der Waals surface area contributed by atoms with Crippen molar-refractivity contribution in [2.45, 2.75) is 24.4 Å². The molecule has 30 heavy (non-hydrogen) atoms. The van der Waals surface area contributed by atoms with E-state index in [0.29, 0.717) is 28.2 Å². The van der Waals surface area contributed by atoms with Crippen LogP contribution in [-0.2, 0) is 27.2 Å². The summed E-state index contributed by atoms with van der Waals surface area (Å²) in [5, 5.41) is 0. The molecule has 0 unspecified atom stereocenters. The predicted octanol–water partition coefficient (Wildman–Crippen LogP) is 3.90. The average Bonchev–Trinajstić information content (AvgIpc) is 2.96. The van der Waals surface area contributed by atoms with Crippen LogP contribution < -0.4 is 5.73 Å². The van der Waals surface area contributed by atoms with Gasteiger partial charge in [0.25, 0.3) is 0 Å². The molecule has 0 fully saturated rings. The summed E-state index contributed by atoms with van der Waals surface area (Å²) in [5.41, 5.74) is 7.54. The highest BCUT2D eigenvalue weighted by atomic mass is 32.2. The van der Waals surface area contributed by atoms with Crippen molar-refractivity contribution < 1.29 is 26.4 Å². The van der Waals surface area contributed by atoms with Crippen molar-refractivity contribution in [1.29, 1.82) is 0 Å². The van der Waals surface area contributed by atoms with Gasteiger partial charge in [-0.15, -0.1) is 0 Å². The lowest BCUT2D eigenvalue weighted by Gasteiger charge is -2.14. The first-order chi connectivity index (χ1) is 13.9. The van der Waals surface area contributed by atoms with E-state index in [0.717, 1.165) is 18.4 Å². The number of benzene rings is 2. The summed E-state index contributed by atoms with van der Waals surface area (Å²) in [5.74, 6) is -0.540. The molecule has 0 saturated carbocycles. The fourth-order valence-electron chi connectivity index (χ4n) is 3.24. The SMILES string of the molecule is Cc1c(CC(N)=O)cc(-c2ccc(S(C)(=O)=O)cc2)n1-c1ccc(C(F)(F)F)cc1. The molecule has 3 rings (SSSR count). The fraction of sp³-hybridized carbons (Fsp3) is 0.190. The molecule has 0 aliphatic carbocycles. The quantitative estimate of drug-likeness (QED) is 0.659. The molecular formula is C21H19F3N2O3S. The Kier molecular flexibility index (Phi) is 5.51. The van der Waals surface area contributed by atoms with Gasteiger partial charge >= 0.3 is 6.18 Å². The first-order valence-electron chi connectivity index (χ1n) is 8.85. The molecule has 0 atom stereocenters. The van der Waals surface area contributed by atoms with Gasteiger partial charge in [-0.3, -0.25) is 4.79 Å². The van der Waals surface area contributed by atoms with E-state index < -0.39 is 27.5 Å². The van der Waals surface area contributed by atoms with Gasteiger partial charge in [0, 0.05) is 17.6 Å². The third-order valence-electron chi connectivity index (χ3n) is 4.75. The molecule has 3 aromatic rings. The van der Waals surface area contributed by atoms with Crippen molar-refractivity contribution in [1.82, 2.24) is 4.57 Å². The number of carbonyl (C=O) groups excluding carboxylic acids is 1. The monoisotopic (exact) mass is 436 g/mol. The maximum absolute atomic E-state index is 12.9. The standard InChI is InChI=1S/C21H19F3N2O3S/c1-13-15(12-20(25)27)11-19(14-3-9-18(10-4-14)30(2,28)29)26(13)17-7-5-16(6-8-17)21(22,23)24/h3-11H,12H2,1-2H3,(H2,25,27). The molecule has 0 saturated heterocycles. The summed E-state index contributed by atoms with van der Waals surface area (Å²) in [6, 6.07) is 12.5. The van der Waals surface area contributed by atoms with Crippen LogP contribution in [0.15, 0.2) is 59.5 Å². The number of rotatable bonds is 5. The number of alkyl halides is 3. The van der Waals surface area contributed by atoms with Crippen molar-refractivity contribution in [2.75, 3.05) is 6.26 Å². The van der Waals surface area contributed by atoms with E-state index in [2.05, 4.69) is 0 Å². The van der Waals surface area contributed by atoms with Crippen LogP contribution in [-0.4, -0.2) is 25.1 Å². The van der Waals surface area contributed by atoms with Gasteiger partial charge in [-0.05, 0) is 60.5 Å². The maximum atomic E-state index is 12.9. The van der Waals surface area contributed by atoms with Crippen LogP contribution in [0.3, 0.4) is 0 Å². The summed E-state index contributed by atoms with van der Waals surface area (Å²) in [4.78, 5) is 11.6. The lowest BCUT2D eigenvalue weighted by molar-refractivity contribution is -0.137. The topological polar surface area (TPSA) is 82.2 Å². The van der Waals surface area contributed by atoms with Gasteiger partial charge in [-0.1, -0.05) is 12.1 Å². The number of hydrogen-bond donors (Lipinski definition) is 1. The van der Waals surface area contributed by atoms with Crippen LogP contribution in [0.5, 0.6) is 0 Å². The molecule has 158 valence electrons. The summed E-state index contributed by atoms with van der Waals surface area (Å²) in [6.07, 6.45) is -3.39. The zero-order valence-corrected chi connectivity index (χ0v) is 17.0. The number of aromatic nitrogens is 1. The minimum atomic E-state index is -4.45. The van der Waals surface area contributed by atoms with E-state index in [1.165, 1.54) is 24.3 Å². The molecule has 5 nitrogen and oxygen atoms in total. The van der Waals surface area contributed by atoms with Crippen molar-refractivity contribution in [3.05, 3.63) is 71.4 Å². The molecule has 2 aromatic carbocycles. The first-order valence-corrected chi connectivity index (χ1v) is 10.7. The van der Waals surface area contributed by atoms with Gasteiger partial charge in [0.1, 0.15) is 0 Å². The zero-order chi connectivity index (χ0) is 22.3. The number of nitrogens with zero attached hydrogens (tertiary/aromatic N) is 1. The van der Waals surface area contributed by atoms with E-state index in [1.54, 1.807) is 29.7 Å². The number of hydrogen-bond acceptors (Lipinski definition) is 3. The summed E-state index contributed by atoms with van der Waals surface area (Å²) < 4.78 is 63.9. The molecule has 0 spiro atoms. The van der Waals surface area contributed by atoms with Crippen molar-refractivity contribution in [3.8, 4) is 16.9 Å². The van der Waals surface area contributed by atoms with Crippen LogP contribution in [0.2, 0.25) is 0 Å². The second kappa shape index (κ2) is 7.64. The van der Waals surface area contributed by atoms with Crippen molar-refractivity contribution >= 4 is 15.7 Å². The predicted molar refractivity (Wildman–Crippen MR) is 107 cm³/mol. The highest BCUT2D eigenvalue weighted by Gasteiger charge is 2.30. The highest BCUT2D eigenvalue weighted by molar-refractivity contribution is 7.90. The van der Waals surface area contributed by atoms with Crippen LogP contribution >= 0.6 is 0 Å². The summed E-state index contributed by atoms with van der Waals surface area (Å²) in [7, 11) is -3.38. The van der Waals surface area contributed by atoms with Gasteiger partial charge in [0.15, 0.2) is 9.84 Å². The Morgan fingerprint density at radius 3 is 2.07 bits per heavy atom. The number of carbonyl (C=O) groups is 1. The van der Waals surface area contributed by atoms with Crippen molar-refractivity contribution in [3.63, 3.8) is 0 Å². The largest absolute Gasteiger partial charge is 0.416 e. The van der Waals surface area contributed by atoms with Gasteiger partial charge in [-0.2, -0.15) is 13.2 Å². The third-order valence-corrected chi connectivity index (χ3v) is 5.88. The number of primary amides is 1. The molecule has 9 heteroatoms. The number of sulfone groups is 1. The lowest BCUT2D eigenvalue weighted by Crippen LogP contribution is -2.14. The van der Waals surface area contributed by atoms with Crippen LogP contribution in [0.25, 0.3) is 16.9 Å². The van der Waals surface area contributed by atoms with Crippen LogP contribution in [0.4, 0.5) is 13.2 Å². The smallest absolute Gasteiger partial charge is 0.369 e. The normalized spacial score (nSPS) is 12.2. The van der Waals surface area contributed by atoms with Gasteiger partial charge < -0.3 is 10.3 Å². The van der Waals surface area contributed by atoms with Gasteiger partial charge in [0.05, 0.1) is 22.6 Å². The Bertz CT molecular complexity index is 1190. The Morgan fingerprint density at radius 1 is 1.03 bits per heavy atom. The van der Waals surface area contributed by atoms with E-state index in [4.69, 9.17) is 5.73 Å². The molecule has 1 heterocycles. The lowest BCUT2D eigenvalue weighted by atomic mass is 10.1. The van der Waals surface area contributed by atoms with E-state index in [1.807, 2.05) is 0 Å². The van der Waals surface area contributed by atoms with Gasteiger partial charge in [-0.25, -0.2) is 8.42 Å². The van der Waals surface area contributed by atoms with E-state index in [-0.39, 0.29) is 11.3 Å². The Morgan fingerprint density at radius 2 is 1.60 bits per heavy atom. The molecule has 0 aliphatic rings. The highest BCUT2D eigenvalue weighted by Crippen LogP contribution is 2.33. The maximum Gasteiger partial charge on any atom is 0.416 e. The molecule has 0 aliphatic heterocycles. The molecule has 1 aromatic heterocycles. The Balaban J connectivity index is 2.16. The van der Waals surface area contributed by atoms with E-state index in [9.17, 15) is 26.4 Å². The second-order valence-corrected chi connectivity index (χ2v) is 8.98. The summed E-state index contributed by atoms with van der Waals surface area (Å²) in [6.45, 7) is 1.74. The molecule has 0 radical (unpaired) electrons. The minimum Gasteiger partial charge on any atom is -0.369 e. The van der Waals surface area contributed by atoms with Crippen LogP contribution in [0.1, 0.15) is 16.8 Å². The molecule has 1 amide bonds. The molecular weight excluding hydrogens is 417 g/mol. The zero-order valence-electron chi connectivity index (χ0n) is 16.2. The number of amides is 1. The average molecular weight is 436 g/mol. The fourth-order valence-corrected chi connectivity index (χ4v) is 3.87. The van der Waals surface area contributed by atoms with Crippen LogP contribution in [0, 0.1) is 6.92 Å². The first kappa shape index (κ1) is 21.6. The minimum absolute atomic E-state index is 0.0338. The van der Waals surface area contributed by atoms with Gasteiger partial charge in [0.2, 0.25) is 5.91 Å². The summed E-state index contributed by atoms with van der Waals surface area (Å²) >= 11 is 0. The Hall–Kier alpha value is -3.07. The second-order valence-electron chi connectivity index (χ2n) is 6.96. The third kappa shape index (κ3) is 4.40. The Labute approximate surface area is 171 Å². The van der Waals surface area contributed by atoms with Crippen molar-refractivity contribution in [2.24, 2.45) is 5.73 Å².